The third-order valence-corrected chi connectivity index (χ3v) is 5.63. The standard InChI is InChI=1S/C17H33N3O2/c1-19(15-5-3-4-6-15)12-11-18-17(22)20(2)16-9-7-14(13-21)8-10-16/h14-16,21H,3-13H2,1-2H3,(H,18,22). The maximum absolute atomic E-state index is 12.2. The van der Waals surface area contributed by atoms with Gasteiger partial charge in [-0.3, -0.25) is 0 Å². The van der Waals surface area contributed by atoms with Crippen LogP contribution in [0.3, 0.4) is 0 Å². The molecule has 0 aromatic carbocycles. The number of nitrogens with zero attached hydrogens (tertiary/aromatic N) is 2. The highest BCUT2D eigenvalue weighted by Crippen LogP contribution is 2.26. The zero-order chi connectivity index (χ0) is 15.9. The Morgan fingerprint density at radius 1 is 1.05 bits per heavy atom. The van der Waals surface area contributed by atoms with E-state index in [4.69, 9.17) is 0 Å². The number of aliphatic hydroxyl groups is 1. The first-order chi connectivity index (χ1) is 10.6. The summed E-state index contributed by atoms with van der Waals surface area (Å²) in [5.74, 6) is 0.438. The molecule has 0 aromatic heterocycles. The molecule has 5 heteroatoms. The van der Waals surface area contributed by atoms with Gasteiger partial charge in [0, 0.05) is 38.8 Å². The van der Waals surface area contributed by atoms with Crippen molar-refractivity contribution < 1.29 is 9.90 Å². The second-order valence-corrected chi connectivity index (χ2v) is 7.12. The highest BCUT2D eigenvalue weighted by atomic mass is 16.3. The van der Waals surface area contributed by atoms with E-state index in [0.717, 1.165) is 38.8 Å². The molecule has 0 radical (unpaired) electrons. The quantitative estimate of drug-likeness (QED) is 0.789. The van der Waals surface area contributed by atoms with Crippen LogP contribution < -0.4 is 5.32 Å². The summed E-state index contributed by atoms with van der Waals surface area (Å²) in [5, 5.41) is 12.2. The highest BCUT2D eigenvalue weighted by Gasteiger charge is 2.26. The second-order valence-electron chi connectivity index (χ2n) is 7.12. The van der Waals surface area contributed by atoms with Gasteiger partial charge in [-0.1, -0.05) is 12.8 Å². The molecule has 0 bridgehead atoms. The summed E-state index contributed by atoms with van der Waals surface area (Å²) in [7, 11) is 4.07. The Balaban J connectivity index is 1.64. The molecule has 0 aliphatic heterocycles. The Morgan fingerprint density at radius 3 is 2.27 bits per heavy atom. The molecule has 2 amide bonds. The number of aliphatic hydroxyl groups excluding tert-OH is 1. The van der Waals surface area contributed by atoms with Crippen molar-refractivity contribution >= 4 is 6.03 Å². The Labute approximate surface area is 135 Å². The predicted molar refractivity (Wildman–Crippen MR) is 88.9 cm³/mol. The minimum atomic E-state index is 0.0484. The lowest BCUT2D eigenvalue weighted by atomic mass is 9.86. The lowest BCUT2D eigenvalue weighted by Crippen LogP contribution is -2.47. The number of carbonyl (C=O) groups is 1. The molecule has 2 aliphatic carbocycles. The van der Waals surface area contributed by atoms with Crippen LogP contribution in [-0.4, -0.2) is 66.8 Å². The Morgan fingerprint density at radius 2 is 1.68 bits per heavy atom. The number of carbonyl (C=O) groups excluding carboxylic acids is 1. The van der Waals surface area contributed by atoms with Gasteiger partial charge in [0.15, 0.2) is 0 Å². The van der Waals surface area contributed by atoms with Crippen LogP contribution in [0.4, 0.5) is 4.79 Å². The zero-order valence-electron chi connectivity index (χ0n) is 14.3. The minimum Gasteiger partial charge on any atom is -0.396 e. The molecule has 0 unspecified atom stereocenters. The largest absolute Gasteiger partial charge is 0.396 e. The van der Waals surface area contributed by atoms with Crippen molar-refractivity contribution in [2.75, 3.05) is 33.8 Å². The van der Waals surface area contributed by atoms with E-state index in [1.807, 2.05) is 11.9 Å². The van der Waals surface area contributed by atoms with Crippen molar-refractivity contribution in [1.82, 2.24) is 15.1 Å². The summed E-state index contributed by atoms with van der Waals surface area (Å²) in [5.41, 5.74) is 0. The fraction of sp³-hybridized carbons (Fsp3) is 0.941. The summed E-state index contributed by atoms with van der Waals surface area (Å²) in [6.45, 7) is 1.94. The molecule has 5 nitrogen and oxygen atoms in total. The van der Waals surface area contributed by atoms with Gasteiger partial charge in [0.05, 0.1) is 0 Å². The molecule has 2 N–H and O–H groups in total. The van der Waals surface area contributed by atoms with E-state index in [9.17, 15) is 9.90 Å². The van der Waals surface area contributed by atoms with Crippen LogP contribution >= 0.6 is 0 Å². The first-order valence-electron chi connectivity index (χ1n) is 8.93. The van der Waals surface area contributed by atoms with Crippen molar-refractivity contribution in [3.63, 3.8) is 0 Å². The van der Waals surface area contributed by atoms with Crippen LogP contribution in [-0.2, 0) is 0 Å². The molecular formula is C17H33N3O2. The predicted octanol–water partition coefficient (Wildman–Crippen LogP) is 2.05. The van der Waals surface area contributed by atoms with Crippen molar-refractivity contribution in [3.8, 4) is 0 Å². The van der Waals surface area contributed by atoms with Gasteiger partial charge in [0.1, 0.15) is 0 Å². The molecule has 0 spiro atoms. The summed E-state index contributed by atoms with van der Waals surface area (Å²) in [6.07, 6.45) is 9.39. The smallest absolute Gasteiger partial charge is 0.317 e. The average Bonchev–Trinajstić information content (AvgIpc) is 3.08. The van der Waals surface area contributed by atoms with Gasteiger partial charge in [-0.25, -0.2) is 4.79 Å². The fourth-order valence-electron chi connectivity index (χ4n) is 3.87. The Hall–Kier alpha value is -0.810. The van der Waals surface area contributed by atoms with E-state index >= 15 is 0 Å². The number of likely N-dealkylation sites (N-methyl/N-ethyl adjacent to an activating group) is 1. The molecule has 0 atom stereocenters. The summed E-state index contributed by atoms with van der Waals surface area (Å²) < 4.78 is 0. The van der Waals surface area contributed by atoms with E-state index in [0.29, 0.717) is 18.0 Å². The van der Waals surface area contributed by atoms with Gasteiger partial charge >= 0.3 is 6.03 Å². The molecule has 0 aromatic rings. The van der Waals surface area contributed by atoms with Crippen molar-refractivity contribution in [2.45, 2.75) is 63.5 Å². The monoisotopic (exact) mass is 311 g/mol. The number of urea groups is 1. The van der Waals surface area contributed by atoms with Crippen LogP contribution in [0.5, 0.6) is 0 Å². The van der Waals surface area contributed by atoms with Gasteiger partial charge in [-0.15, -0.1) is 0 Å². The van der Waals surface area contributed by atoms with Gasteiger partial charge in [0.2, 0.25) is 0 Å². The fourth-order valence-corrected chi connectivity index (χ4v) is 3.87. The zero-order valence-corrected chi connectivity index (χ0v) is 14.3. The van der Waals surface area contributed by atoms with E-state index in [-0.39, 0.29) is 12.6 Å². The van der Waals surface area contributed by atoms with Gasteiger partial charge in [0.25, 0.3) is 0 Å². The first kappa shape index (κ1) is 17.5. The molecule has 128 valence electrons. The molecule has 2 aliphatic rings. The summed E-state index contributed by atoms with van der Waals surface area (Å²) in [4.78, 5) is 16.5. The van der Waals surface area contributed by atoms with E-state index in [1.165, 1.54) is 25.7 Å². The van der Waals surface area contributed by atoms with Crippen molar-refractivity contribution in [1.29, 1.82) is 0 Å². The first-order valence-corrected chi connectivity index (χ1v) is 8.93. The molecule has 22 heavy (non-hydrogen) atoms. The third-order valence-electron chi connectivity index (χ3n) is 5.63. The van der Waals surface area contributed by atoms with Gasteiger partial charge < -0.3 is 20.2 Å². The third kappa shape index (κ3) is 4.85. The summed E-state index contributed by atoms with van der Waals surface area (Å²) in [6, 6.07) is 1.09. The normalized spacial score (nSPS) is 26.4. The van der Waals surface area contributed by atoms with Gasteiger partial charge in [-0.2, -0.15) is 0 Å². The van der Waals surface area contributed by atoms with Crippen LogP contribution in [0.25, 0.3) is 0 Å². The van der Waals surface area contributed by atoms with Crippen LogP contribution in [0.2, 0.25) is 0 Å². The van der Waals surface area contributed by atoms with Crippen LogP contribution in [0.1, 0.15) is 51.4 Å². The molecule has 0 saturated heterocycles. The Kier molecular flexibility index (Phi) is 6.96. The van der Waals surface area contributed by atoms with E-state index in [2.05, 4.69) is 17.3 Å². The van der Waals surface area contributed by atoms with Gasteiger partial charge in [-0.05, 0) is 51.5 Å². The molecule has 2 fully saturated rings. The maximum atomic E-state index is 12.2. The number of rotatable bonds is 6. The average molecular weight is 311 g/mol. The topological polar surface area (TPSA) is 55.8 Å². The van der Waals surface area contributed by atoms with Crippen LogP contribution in [0.15, 0.2) is 0 Å². The maximum Gasteiger partial charge on any atom is 0.317 e. The SMILES string of the molecule is CN(CCNC(=O)N(C)C1CCC(CO)CC1)C1CCCC1. The molecule has 2 saturated carbocycles. The second kappa shape index (κ2) is 8.73. The van der Waals surface area contributed by atoms with Crippen molar-refractivity contribution in [3.05, 3.63) is 0 Å². The van der Waals surface area contributed by atoms with Crippen LogP contribution in [0, 0.1) is 5.92 Å². The highest BCUT2D eigenvalue weighted by molar-refractivity contribution is 5.74. The summed E-state index contributed by atoms with van der Waals surface area (Å²) >= 11 is 0. The van der Waals surface area contributed by atoms with Crippen molar-refractivity contribution in [2.24, 2.45) is 5.92 Å². The Bertz CT molecular complexity index is 337. The minimum absolute atomic E-state index is 0.0484. The lowest BCUT2D eigenvalue weighted by molar-refractivity contribution is 0.133. The number of nitrogens with one attached hydrogen (secondary N) is 1. The molecule has 0 heterocycles. The lowest BCUT2D eigenvalue weighted by Gasteiger charge is -2.34. The number of amides is 2. The molecular weight excluding hydrogens is 278 g/mol. The number of hydrogen-bond acceptors (Lipinski definition) is 3. The van der Waals surface area contributed by atoms with E-state index < -0.39 is 0 Å². The van der Waals surface area contributed by atoms with E-state index in [1.54, 1.807) is 0 Å². The number of hydrogen-bond donors (Lipinski definition) is 2. The molecule has 2 rings (SSSR count).